The van der Waals surface area contributed by atoms with E-state index in [0.717, 1.165) is 0 Å². The zero-order valence-electron chi connectivity index (χ0n) is 8.52. The van der Waals surface area contributed by atoms with Crippen molar-refractivity contribution in [3.05, 3.63) is 52.4 Å². The molecule has 0 amide bonds. The van der Waals surface area contributed by atoms with Gasteiger partial charge in [-0.2, -0.15) is 5.26 Å². The van der Waals surface area contributed by atoms with E-state index in [2.05, 4.69) is 20.9 Å². The predicted octanol–water partition coefficient (Wildman–Crippen LogP) is 3.65. The molecule has 1 heterocycles. The summed E-state index contributed by atoms with van der Waals surface area (Å²) < 4.78 is 19.0. The van der Waals surface area contributed by atoms with Crippen LogP contribution >= 0.6 is 15.9 Å². The van der Waals surface area contributed by atoms with E-state index >= 15 is 0 Å². The molecule has 0 aliphatic rings. The maximum absolute atomic E-state index is 13.0. The van der Waals surface area contributed by atoms with Crippen LogP contribution in [-0.4, -0.2) is 4.98 Å². The first-order valence-electron chi connectivity index (χ1n) is 4.68. The third kappa shape index (κ3) is 2.80. The summed E-state index contributed by atoms with van der Waals surface area (Å²) in [6.07, 6.45) is 1.39. The number of hydrogen-bond acceptors (Lipinski definition) is 3. The highest BCUT2D eigenvalue weighted by atomic mass is 79.9. The van der Waals surface area contributed by atoms with Gasteiger partial charge in [0.15, 0.2) is 0 Å². The highest BCUT2D eigenvalue weighted by Crippen LogP contribution is 2.29. The van der Waals surface area contributed by atoms with Gasteiger partial charge >= 0.3 is 0 Å². The smallest absolute Gasteiger partial charge is 0.219 e. The fraction of sp³-hybridized carbons (Fsp3) is 0. The molecule has 0 fully saturated rings. The van der Waals surface area contributed by atoms with E-state index < -0.39 is 5.82 Å². The molecule has 0 saturated carbocycles. The molecule has 0 spiro atoms. The molecule has 0 aliphatic heterocycles. The van der Waals surface area contributed by atoms with Gasteiger partial charge in [0.2, 0.25) is 5.88 Å². The van der Waals surface area contributed by atoms with Crippen LogP contribution in [0.1, 0.15) is 5.56 Å². The monoisotopic (exact) mass is 292 g/mol. The summed E-state index contributed by atoms with van der Waals surface area (Å²) in [5.74, 6) is 0.245. The summed E-state index contributed by atoms with van der Waals surface area (Å²) in [6.45, 7) is 0. The van der Waals surface area contributed by atoms with Crippen LogP contribution in [0.5, 0.6) is 11.6 Å². The van der Waals surface area contributed by atoms with Crippen molar-refractivity contribution in [2.45, 2.75) is 0 Å². The van der Waals surface area contributed by atoms with E-state index in [1.165, 1.54) is 18.3 Å². The lowest BCUT2D eigenvalue weighted by Gasteiger charge is -2.06. The average molecular weight is 293 g/mol. The topological polar surface area (TPSA) is 45.9 Å². The van der Waals surface area contributed by atoms with Crippen molar-refractivity contribution in [1.82, 2.24) is 4.98 Å². The van der Waals surface area contributed by atoms with Crippen molar-refractivity contribution in [3.8, 4) is 17.7 Å². The van der Waals surface area contributed by atoms with Crippen molar-refractivity contribution in [1.29, 1.82) is 5.26 Å². The first kappa shape index (κ1) is 11.6. The molecule has 0 N–H and O–H groups in total. The van der Waals surface area contributed by atoms with Crippen molar-refractivity contribution in [2.75, 3.05) is 0 Å². The Bertz CT molecular complexity index is 578. The number of halogens is 2. The third-order valence-electron chi connectivity index (χ3n) is 1.97. The normalized spacial score (nSPS) is 9.71. The Morgan fingerprint density at radius 1 is 1.29 bits per heavy atom. The quantitative estimate of drug-likeness (QED) is 0.849. The molecule has 0 saturated heterocycles. The van der Waals surface area contributed by atoms with Crippen molar-refractivity contribution >= 4 is 15.9 Å². The minimum Gasteiger partial charge on any atom is -0.438 e. The fourth-order valence-electron chi connectivity index (χ4n) is 1.17. The maximum atomic E-state index is 13.0. The molecular weight excluding hydrogens is 287 g/mol. The van der Waals surface area contributed by atoms with Crippen molar-refractivity contribution in [2.24, 2.45) is 0 Å². The van der Waals surface area contributed by atoms with Gasteiger partial charge < -0.3 is 4.74 Å². The van der Waals surface area contributed by atoms with Gasteiger partial charge in [-0.05, 0) is 34.1 Å². The molecule has 0 unspecified atom stereocenters. The second-order valence-electron chi connectivity index (χ2n) is 3.17. The Labute approximate surface area is 106 Å². The van der Waals surface area contributed by atoms with E-state index in [4.69, 9.17) is 10.00 Å². The lowest BCUT2D eigenvalue weighted by Crippen LogP contribution is -1.90. The maximum Gasteiger partial charge on any atom is 0.219 e. The first-order valence-corrected chi connectivity index (χ1v) is 5.47. The van der Waals surface area contributed by atoms with Gasteiger partial charge in [-0.1, -0.05) is 0 Å². The molecular formula is C12H6BrFN2O. The van der Waals surface area contributed by atoms with Crippen molar-refractivity contribution < 1.29 is 9.13 Å². The Morgan fingerprint density at radius 3 is 2.76 bits per heavy atom. The molecule has 0 aliphatic carbocycles. The van der Waals surface area contributed by atoms with Crippen molar-refractivity contribution in [3.63, 3.8) is 0 Å². The summed E-state index contributed by atoms with van der Waals surface area (Å²) in [5.41, 5.74) is 0.440. The van der Waals surface area contributed by atoms with Gasteiger partial charge in [-0.3, -0.25) is 0 Å². The number of rotatable bonds is 2. The van der Waals surface area contributed by atoms with Gasteiger partial charge in [0.05, 0.1) is 10.0 Å². The summed E-state index contributed by atoms with van der Waals surface area (Å²) >= 11 is 3.24. The minimum atomic E-state index is -0.392. The molecule has 5 heteroatoms. The SMILES string of the molecule is N#Cc1ccc(Oc2cc(F)ccc2Br)nc1. The fourth-order valence-corrected chi connectivity index (χ4v) is 1.50. The second-order valence-corrected chi connectivity index (χ2v) is 4.03. The zero-order chi connectivity index (χ0) is 12.3. The average Bonchev–Trinajstić information content (AvgIpc) is 2.35. The van der Waals surface area contributed by atoms with Gasteiger partial charge in [0, 0.05) is 18.3 Å². The van der Waals surface area contributed by atoms with Gasteiger partial charge in [0.25, 0.3) is 0 Å². The molecule has 0 bridgehead atoms. The lowest BCUT2D eigenvalue weighted by molar-refractivity contribution is 0.455. The molecule has 1 aromatic carbocycles. The van der Waals surface area contributed by atoms with Crippen LogP contribution < -0.4 is 4.74 Å². The second kappa shape index (κ2) is 4.93. The standard InChI is InChI=1S/C12H6BrFN2O/c13-10-3-2-9(14)5-11(10)17-12-4-1-8(6-15)7-16-12/h1-5,7H. The predicted molar refractivity (Wildman–Crippen MR) is 63.1 cm³/mol. The molecule has 0 atom stereocenters. The molecule has 2 aromatic rings. The molecule has 84 valence electrons. The first-order chi connectivity index (χ1) is 8.19. The number of aromatic nitrogens is 1. The Kier molecular flexibility index (Phi) is 3.35. The van der Waals surface area contributed by atoms with Crippen LogP contribution in [0.3, 0.4) is 0 Å². The number of nitrogens with zero attached hydrogens (tertiary/aromatic N) is 2. The number of nitriles is 1. The van der Waals surface area contributed by atoms with Crippen LogP contribution in [0.4, 0.5) is 4.39 Å². The third-order valence-corrected chi connectivity index (χ3v) is 2.63. The van der Waals surface area contributed by atoms with Gasteiger partial charge in [0.1, 0.15) is 17.6 Å². The van der Waals surface area contributed by atoms with E-state index in [1.54, 1.807) is 18.2 Å². The van der Waals surface area contributed by atoms with Crippen LogP contribution in [-0.2, 0) is 0 Å². The highest BCUT2D eigenvalue weighted by Gasteiger charge is 2.05. The van der Waals surface area contributed by atoms with Gasteiger partial charge in [-0.25, -0.2) is 9.37 Å². The van der Waals surface area contributed by atoms with E-state index in [9.17, 15) is 4.39 Å². The Hall–Kier alpha value is -1.93. The zero-order valence-corrected chi connectivity index (χ0v) is 10.1. The van der Waals surface area contributed by atoms with E-state index in [1.807, 2.05) is 6.07 Å². The Morgan fingerprint density at radius 2 is 2.12 bits per heavy atom. The van der Waals surface area contributed by atoms with Crippen LogP contribution in [0, 0.1) is 17.1 Å². The number of benzene rings is 1. The molecule has 17 heavy (non-hydrogen) atoms. The number of pyridine rings is 1. The largest absolute Gasteiger partial charge is 0.438 e. The van der Waals surface area contributed by atoms with Crippen LogP contribution in [0.15, 0.2) is 41.0 Å². The summed E-state index contributed by atoms with van der Waals surface area (Å²) in [6, 6.07) is 9.21. The molecule has 2 rings (SSSR count). The Balaban J connectivity index is 2.25. The van der Waals surface area contributed by atoms with Gasteiger partial charge in [-0.15, -0.1) is 0 Å². The summed E-state index contributed by atoms with van der Waals surface area (Å²) in [5, 5.41) is 8.61. The van der Waals surface area contributed by atoms with E-state index in [-0.39, 0.29) is 0 Å². The minimum absolute atomic E-state index is 0.301. The number of ether oxygens (including phenoxy) is 1. The summed E-state index contributed by atoms with van der Waals surface area (Å²) in [7, 11) is 0. The lowest BCUT2D eigenvalue weighted by atomic mass is 10.3. The summed E-state index contributed by atoms with van der Waals surface area (Å²) in [4.78, 5) is 3.93. The molecule has 3 nitrogen and oxygen atoms in total. The molecule has 0 radical (unpaired) electrons. The molecule has 1 aromatic heterocycles. The van der Waals surface area contributed by atoms with Crippen LogP contribution in [0.2, 0.25) is 0 Å². The van der Waals surface area contributed by atoms with Crippen LogP contribution in [0.25, 0.3) is 0 Å². The van der Waals surface area contributed by atoms with E-state index in [0.29, 0.717) is 21.7 Å². The highest BCUT2D eigenvalue weighted by molar-refractivity contribution is 9.10. The number of hydrogen-bond donors (Lipinski definition) is 0.